The maximum Gasteiger partial charge on any atom is 0.358 e. The molecule has 1 unspecified atom stereocenters. The topological polar surface area (TPSA) is 97.1 Å². The molecule has 0 saturated heterocycles. The first-order valence-electron chi connectivity index (χ1n) is 6.72. The molecule has 9 heteroatoms. The molecule has 0 spiro atoms. The number of amides is 1. The molecule has 0 aliphatic rings. The van der Waals surface area contributed by atoms with Crippen LogP contribution in [0.15, 0.2) is 24.4 Å². The Balaban J connectivity index is 1.93. The number of nitrogens with one attached hydrogen (secondary N) is 1. The summed E-state index contributed by atoms with van der Waals surface area (Å²) in [5.74, 6) is -1.51. The summed E-state index contributed by atoms with van der Waals surface area (Å²) >= 11 is 12.2. The number of hydrogen-bond donors (Lipinski definition) is 2. The van der Waals surface area contributed by atoms with Gasteiger partial charge in [-0.15, -0.1) is 5.10 Å². The van der Waals surface area contributed by atoms with Gasteiger partial charge in [-0.1, -0.05) is 34.5 Å². The summed E-state index contributed by atoms with van der Waals surface area (Å²) in [6.45, 7) is 1.70. The standard InChI is InChI=1S/C14H14Cl2N4O3/c1-8(5-9-10(15)3-2-4-11(9)16)17-13(21)7-20-6-12(14(22)23)18-19-20/h2-4,6,8H,5,7H2,1H3,(H,17,21)(H,22,23). The molecular formula is C14H14Cl2N4O3. The molecule has 0 radical (unpaired) electrons. The van der Waals surface area contributed by atoms with E-state index in [1.54, 1.807) is 18.2 Å². The van der Waals surface area contributed by atoms with E-state index in [-0.39, 0.29) is 24.2 Å². The van der Waals surface area contributed by atoms with Gasteiger partial charge in [0, 0.05) is 16.1 Å². The summed E-state index contributed by atoms with van der Waals surface area (Å²) in [5.41, 5.74) is 0.547. The van der Waals surface area contributed by atoms with Gasteiger partial charge in [-0.25, -0.2) is 9.48 Å². The van der Waals surface area contributed by atoms with Gasteiger partial charge in [0.1, 0.15) is 6.54 Å². The van der Waals surface area contributed by atoms with Crippen LogP contribution in [0.3, 0.4) is 0 Å². The van der Waals surface area contributed by atoms with Crippen LogP contribution in [0, 0.1) is 0 Å². The molecule has 2 N–H and O–H groups in total. The van der Waals surface area contributed by atoms with Crippen LogP contribution in [0.5, 0.6) is 0 Å². The van der Waals surface area contributed by atoms with Crippen molar-refractivity contribution in [2.45, 2.75) is 25.9 Å². The minimum Gasteiger partial charge on any atom is -0.476 e. The van der Waals surface area contributed by atoms with Gasteiger partial charge in [-0.2, -0.15) is 0 Å². The van der Waals surface area contributed by atoms with Gasteiger partial charge in [0.2, 0.25) is 5.91 Å². The Morgan fingerprint density at radius 2 is 2.00 bits per heavy atom. The van der Waals surface area contributed by atoms with E-state index in [2.05, 4.69) is 15.6 Å². The van der Waals surface area contributed by atoms with Gasteiger partial charge >= 0.3 is 5.97 Å². The first-order valence-corrected chi connectivity index (χ1v) is 7.48. The third-order valence-corrected chi connectivity index (χ3v) is 3.75. The zero-order chi connectivity index (χ0) is 17.0. The highest BCUT2D eigenvalue weighted by Gasteiger charge is 2.14. The number of carboxylic acids is 1. The molecule has 0 aliphatic heterocycles. The lowest BCUT2D eigenvalue weighted by molar-refractivity contribution is -0.122. The van der Waals surface area contributed by atoms with Gasteiger partial charge in [-0.05, 0) is 31.0 Å². The van der Waals surface area contributed by atoms with Crippen molar-refractivity contribution in [3.63, 3.8) is 0 Å². The monoisotopic (exact) mass is 356 g/mol. The van der Waals surface area contributed by atoms with Crippen LogP contribution in [-0.2, 0) is 17.8 Å². The molecule has 122 valence electrons. The molecule has 2 aromatic rings. The summed E-state index contributed by atoms with van der Waals surface area (Å²) in [4.78, 5) is 22.7. The van der Waals surface area contributed by atoms with Crippen LogP contribution >= 0.6 is 23.2 Å². The number of aromatic carboxylic acids is 1. The van der Waals surface area contributed by atoms with Crippen LogP contribution in [-0.4, -0.2) is 38.0 Å². The van der Waals surface area contributed by atoms with Gasteiger partial charge in [0.25, 0.3) is 0 Å². The lowest BCUT2D eigenvalue weighted by Crippen LogP contribution is -2.36. The summed E-state index contributed by atoms with van der Waals surface area (Å²) in [7, 11) is 0. The van der Waals surface area contributed by atoms with Crippen molar-refractivity contribution in [2.75, 3.05) is 0 Å². The summed E-state index contributed by atoms with van der Waals surface area (Å²) in [6.07, 6.45) is 1.67. The Morgan fingerprint density at radius 1 is 1.35 bits per heavy atom. The molecule has 23 heavy (non-hydrogen) atoms. The van der Waals surface area contributed by atoms with Crippen molar-refractivity contribution in [2.24, 2.45) is 0 Å². The number of carboxylic acid groups (broad SMARTS) is 1. The van der Waals surface area contributed by atoms with Gasteiger partial charge < -0.3 is 10.4 Å². The maximum atomic E-state index is 11.9. The van der Waals surface area contributed by atoms with Gasteiger partial charge in [0.15, 0.2) is 5.69 Å². The van der Waals surface area contributed by atoms with Crippen LogP contribution in [0.4, 0.5) is 0 Å². The fourth-order valence-electron chi connectivity index (χ4n) is 2.03. The molecule has 0 fully saturated rings. The second-order valence-electron chi connectivity index (χ2n) is 4.98. The molecule has 1 atom stereocenters. The minimum atomic E-state index is -1.20. The first-order chi connectivity index (χ1) is 10.9. The summed E-state index contributed by atoms with van der Waals surface area (Å²) in [6, 6.07) is 5.02. The fraction of sp³-hybridized carbons (Fsp3) is 0.286. The molecule has 1 amide bonds. The molecule has 2 rings (SSSR count). The molecule has 0 aliphatic carbocycles. The van der Waals surface area contributed by atoms with E-state index in [0.29, 0.717) is 16.5 Å². The van der Waals surface area contributed by atoms with Crippen molar-refractivity contribution < 1.29 is 14.7 Å². The molecule has 0 saturated carbocycles. The van der Waals surface area contributed by atoms with Gasteiger partial charge in [-0.3, -0.25) is 4.79 Å². The Morgan fingerprint density at radius 3 is 2.57 bits per heavy atom. The van der Waals surface area contributed by atoms with E-state index in [4.69, 9.17) is 28.3 Å². The number of nitrogens with zero attached hydrogens (tertiary/aromatic N) is 3. The van der Waals surface area contributed by atoms with Crippen molar-refractivity contribution in [3.8, 4) is 0 Å². The minimum absolute atomic E-state index is 0.124. The number of carbonyl (C=O) groups excluding carboxylic acids is 1. The number of carbonyl (C=O) groups is 2. The van der Waals surface area contributed by atoms with Gasteiger partial charge in [0.05, 0.1) is 6.20 Å². The third kappa shape index (κ3) is 4.67. The second-order valence-corrected chi connectivity index (χ2v) is 5.79. The summed E-state index contributed by atoms with van der Waals surface area (Å²) < 4.78 is 1.16. The summed E-state index contributed by atoms with van der Waals surface area (Å²) in [5, 5.41) is 19.6. The zero-order valence-corrected chi connectivity index (χ0v) is 13.7. The predicted octanol–water partition coefficient (Wildman–Crippen LogP) is 2.03. The van der Waals surface area contributed by atoms with Crippen LogP contribution in [0.25, 0.3) is 0 Å². The third-order valence-electron chi connectivity index (χ3n) is 3.04. The number of hydrogen-bond acceptors (Lipinski definition) is 4. The number of halogens is 2. The molecule has 1 heterocycles. The van der Waals surface area contributed by atoms with E-state index in [1.807, 2.05) is 6.92 Å². The van der Waals surface area contributed by atoms with E-state index >= 15 is 0 Å². The molecule has 0 bridgehead atoms. The van der Waals surface area contributed by atoms with E-state index in [1.165, 1.54) is 6.20 Å². The van der Waals surface area contributed by atoms with E-state index in [9.17, 15) is 9.59 Å². The lowest BCUT2D eigenvalue weighted by atomic mass is 10.1. The normalized spacial score (nSPS) is 12.0. The second kappa shape index (κ2) is 7.43. The highest BCUT2D eigenvalue weighted by atomic mass is 35.5. The Bertz CT molecular complexity index is 712. The van der Waals surface area contributed by atoms with Crippen molar-refractivity contribution in [3.05, 3.63) is 45.7 Å². The zero-order valence-electron chi connectivity index (χ0n) is 12.2. The molecule has 7 nitrogen and oxygen atoms in total. The van der Waals surface area contributed by atoms with Crippen LogP contribution in [0.2, 0.25) is 10.0 Å². The Kier molecular flexibility index (Phi) is 5.57. The van der Waals surface area contributed by atoms with Crippen molar-refractivity contribution in [1.82, 2.24) is 20.3 Å². The van der Waals surface area contributed by atoms with Crippen molar-refractivity contribution in [1.29, 1.82) is 0 Å². The highest BCUT2D eigenvalue weighted by molar-refractivity contribution is 6.36. The fourth-order valence-corrected chi connectivity index (χ4v) is 2.58. The Hall–Kier alpha value is -2.12. The first kappa shape index (κ1) is 17.2. The van der Waals surface area contributed by atoms with Crippen molar-refractivity contribution >= 4 is 35.1 Å². The molecule has 1 aromatic carbocycles. The highest BCUT2D eigenvalue weighted by Crippen LogP contribution is 2.25. The van der Waals surface area contributed by atoms with Crippen LogP contribution in [0.1, 0.15) is 23.0 Å². The van der Waals surface area contributed by atoms with E-state index in [0.717, 1.165) is 10.2 Å². The number of benzene rings is 1. The van der Waals surface area contributed by atoms with Crippen LogP contribution < -0.4 is 5.32 Å². The number of rotatable bonds is 6. The average molecular weight is 357 g/mol. The molecular weight excluding hydrogens is 343 g/mol. The smallest absolute Gasteiger partial charge is 0.358 e. The quantitative estimate of drug-likeness (QED) is 0.825. The average Bonchev–Trinajstić information content (AvgIpc) is 2.91. The Labute approximate surface area is 142 Å². The maximum absolute atomic E-state index is 11.9. The lowest BCUT2D eigenvalue weighted by Gasteiger charge is -2.15. The molecule has 1 aromatic heterocycles. The number of aromatic nitrogens is 3. The largest absolute Gasteiger partial charge is 0.476 e. The SMILES string of the molecule is CC(Cc1c(Cl)cccc1Cl)NC(=O)Cn1cc(C(=O)O)nn1. The van der Waals surface area contributed by atoms with E-state index < -0.39 is 5.97 Å². The predicted molar refractivity (Wildman–Crippen MR) is 84.8 cm³/mol.